The summed E-state index contributed by atoms with van der Waals surface area (Å²) in [6, 6.07) is 34.8. The Labute approximate surface area is 269 Å². The molecule has 7 rings (SSSR count). The van der Waals surface area contributed by atoms with Crippen molar-refractivity contribution in [2.75, 3.05) is 0 Å². The van der Waals surface area contributed by atoms with Crippen LogP contribution in [0, 0.1) is 6.92 Å². The molecule has 7 aromatic rings. The molecule has 3 heterocycles. The van der Waals surface area contributed by atoms with Gasteiger partial charge in [-0.1, -0.05) is 72.8 Å². The average Bonchev–Trinajstić information content (AvgIpc) is 3.53. The number of fused-ring (bicyclic) bond motifs is 2. The number of carboxylic acids is 1. The van der Waals surface area contributed by atoms with Crippen molar-refractivity contribution in [1.29, 1.82) is 0 Å². The molecule has 0 spiro atoms. The van der Waals surface area contributed by atoms with Crippen molar-refractivity contribution in [3.63, 3.8) is 0 Å². The minimum Gasteiger partial charge on any atom is -0.480 e. The zero-order chi connectivity index (χ0) is 32.5. The summed E-state index contributed by atoms with van der Waals surface area (Å²) in [6.07, 6.45) is 0. The lowest BCUT2D eigenvalue weighted by atomic mass is 10.0. The molecule has 4 aromatic carbocycles. The van der Waals surface area contributed by atoms with E-state index in [1.54, 1.807) is 28.3 Å². The van der Waals surface area contributed by atoms with Crippen molar-refractivity contribution in [2.24, 2.45) is 7.05 Å². The molecular formula is C37H31N5O5. The van der Waals surface area contributed by atoms with E-state index in [0.717, 1.165) is 44.4 Å². The molecule has 0 radical (unpaired) electrons. The molecule has 0 saturated heterocycles. The molecule has 0 aliphatic rings. The first-order valence-electron chi connectivity index (χ1n) is 15.1. The van der Waals surface area contributed by atoms with Crippen LogP contribution in [0.2, 0.25) is 0 Å². The molecule has 0 aliphatic heterocycles. The normalized spacial score (nSPS) is 11.3. The zero-order valence-corrected chi connectivity index (χ0v) is 25.8. The zero-order valence-electron chi connectivity index (χ0n) is 25.8. The smallest absolute Gasteiger partial charge is 0.333 e. The van der Waals surface area contributed by atoms with Crippen molar-refractivity contribution in [1.82, 2.24) is 23.9 Å². The topological polar surface area (TPSA) is 113 Å². The number of benzene rings is 4. The van der Waals surface area contributed by atoms with Crippen molar-refractivity contribution in [2.45, 2.75) is 26.7 Å². The number of pyridine rings is 1. The molecule has 1 N–H and O–H groups in total. The van der Waals surface area contributed by atoms with Gasteiger partial charge < -0.3 is 14.6 Å². The molecule has 0 saturated carbocycles. The predicted molar refractivity (Wildman–Crippen MR) is 179 cm³/mol. The highest BCUT2D eigenvalue weighted by Gasteiger charge is 2.20. The predicted octanol–water partition coefficient (Wildman–Crippen LogP) is 6.29. The van der Waals surface area contributed by atoms with Gasteiger partial charge >= 0.3 is 11.7 Å². The highest BCUT2D eigenvalue weighted by atomic mass is 16.5. The van der Waals surface area contributed by atoms with Crippen molar-refractivity contribution in [3.8, 4) is 28.6 Å². The van der Waals surface area contributed by atoms with Gasteiger partial charge in [0.15, 0.2) is 0 Å². The lowest BCUT2D eigenvalue weighted by molar-refractivity contribution is -0.137. The molecule has 10 heteroatoms. The number of nitrogens with zero attached hydrogens (tertiary/aromatic N) is 5. The fourth-order valence-corrected chi connectivity index (χ4v) is 5.75. The second-order valence-electron chi connectivity index (χ2n) is 11.3. The van der Waals surface area contributed by atoms with Gasteiger partial charge in [-0.3, -0.25) is 18.6 Å². The van der Waals surface area contributed by atoms with Crippen LogP contribution < -0.4 is 15.2 Å². The van der Waals surface area contributed by atoms with E-state index in [1.807, 2.05) is 104 Å². The van der Waals surface area contributed by atoms with Crippen molar-refractivity contribution in [3.05, 3.63) is 136 Å². The fraction of sp³-hybridized carbons (Fsp3) is 0.135. The van der Waals surface area contributed by atoms with Crippen LogP contribution in [0.4, 0.5) is 0 Å². The van der Waals surface area contributed by atoms with Crippen LogP contribution in [0.1, 0.15) is 16.8 Å². The Bertz CT molecular complexity index is 2310. The highest BCUT2D eigenvalue weighted by Crippen LogP contribution is 2.32. The van der Waals surface area contributed by atoms with E-state index in [0.29, 0.717) is 23.7 Å². The van der Waals surface area contributed by atoms with Crippen molar-refractivity contribution >= 4 is 27.9 Å². The maximum Gasteiger partial charge on any atom is 0.333 e. The molecule has 0 bridgehead atoms. The lowest BCUT2D eigenvalue weighted by Gasteiger charge is -2.14. The largest absolute Gasteiger partial charge is 0.480 e. The number of hydrogen-bond donors (Lipinski definition) is 1. The van der Waals surface area contributed by atoms with Gasteiger partial charge in [0, 0.05) is 18.5 Å². The van der Waals surface area contributed by atoms with E-state index in [4.69, 9.17) is 14.5 Å². The van der Waals surface area contributed by atoms with Crippen molar-refractivity contribution < 1.29 is 19.4 Å². The Hall–Kier alpha value is -6.16. The van der Waals surface area contributed by atoms with Gasteiger partial charge in [0.25, 0.3) is 0 Å². The van der Waals surface area contributed by atoms with Gasteiger partial charge in [-0.25, -0.2) is 4.79 Å². The molecule has 10 nitrogen and oxygen atoms in total. The SMILES string of the molecule is Cc1nn(CC(=O)O)c2ccc(-c3ccc4c(c3)n(C)c(=O)n4-c3ccc(OCc4ccccc4)nc3OCc3ccccc3)cc12. The molecule has 0 amide bonds. The number of aliphatic carboxylic acids is 1. The fourth-order valence-electron chi connectivity index (χ4n) is 5.75. The molecule has 3 aromatic heterocycles. The number of ether oxygens (including phenoxy) is 2. The first-order chi connectivity index (χ1) is 22.9. The summed E-state index contributed by atoms with van der Waals surface area (Å²) in [7, 11) is 1.74. The quantitative estimate of drug-likeness (QED) is 0.190. The summed E-state index contributed by atoms with van der Waals surface area (Å²) >= 11 is 0. The summed E-state index contributed by atoms with van der Waals surface area (Å²) in [6.45, 7) is 2.25. The monoisotopic (exact) mass is 625 g/mol. The van der Waals surface area contributed by atoms with Crippen LogP contribution in [-0.4, -0.2) is 35.0 Å². The van der Waals surface area contributed by atoms with Gasteiger partial charge in [0.05, 0.1) is 22.2 Å². The van der Waals surface area contributed by atoms with Gasteiger partial charge in [-0.15, -0.1) is 0 Å². The Morgan fingerprint density at radius 3 is 2.09 bits per heavy atom. The molecule has 0 unspecified atom stereocenters. The Kier molecular flexibility index (Phi) is 7.75. The summed E-state index contributed by atoms with van der Waals surface area (Å²) in [5.74, 6) is -0.293. The van der Waals surface area contributed by atoms with Crippen LogP contribution in [-0.2, 0) is 31.6 Å². The number of rotatable bonds is 10. The average molecular weight is 626 g/mol. The summed E-state index contributed by atoms with van der Waals surface area (Å²) in [5, 5.41) is 14.6. The number of imidazole rings is 1. The summed E-state index contributed by atoms with van der Waals surface area (Å²) in [5.41, 5.74) is 6.96. The van der Waals surface area contributed by atoms with E-state index in [9.17, 15) is 14.7 Å². The van der Waals surface area contributed by atoms with Gasteiger partial charge in [0.2, 0.25) is 11.8 Å². The van der Waals surface area contributed by atoms with Crippen LogP contribution in [0.15, 0.2) is 114 Å². The second-order valence-corrected chi connectivity index (χ2v) is 11.3. The van der Waals surface area contributed by atoms with Crippen LogP contribution in [0.3, 0.4) is 0 Å². The van der Waals surface area contributed by atoms with E-state index in [2.05, 4.69) is 5.10 Å². The molecule has 0 aliphatic carbocycles. The number of carbonyl (C=O) groups is 1. The number of hydrogen-bond acceptors (Lipinski definition) is 6. The summed E-state index contributed by atoms with van der Waals surface area (Å²) in [4.78, 5) is 29.8. The molecule has 47 heavy (non-hydrogen) atoms. The first-order valence-corrected chi connectivity index (χ1v) is 15.1. The lowest BCUT2D eigenvalue weighted by Crippen LogP contribution is -2.21. The van der Waals surface area contributed by atoms with Gasteiger partial charge in [-0.2, -0.15) is 10.1 Å². The van der Waals surface area contributed by atoms with E-state index in [1.165, 1.54) is 4.68 Å². The first kappa shape index (κ1) is 29.5. The van der Waals surface area contributed by atoms with E-state index >= 15 is 0 Å². The van der Waals surface area contributed by atoms with Crippen LogP contribution in [0.5, 0.6) is 11.8 Å². The third-order valence-corrected chi connectivity index (χ3v) is 8.11. The van der Waals surface area contributed by atoms with Gasteiger partial charge in [0.1, 0.15) is 25.4 Å². The molecular weight excluding hydrogens is 594 g/mol. The highest BCUT2D eigenvalue weighted by molar-refractivity contribution is 5.90. The van der Waals surface area contributed by atoms with Crippen LogP contribution >= 0.6 is 0 Å². The van der Waals surface area contributed by atoms with E-state index < -0.39 is 5.97 Å². The minimum absolute atomic E-state index is 0.211. The number of carboxylic acid groups (broad SMARTS) is 1. The third kappa shape index (κ3) is 5.84. The van der Waals surface area contributed by atoms with E-state index in [-0.39, 0.29) is 24.7 Å². The minimum atomic E-state index is -0.951. The third-order valence-electron chi connectivity index (χ3n) is 8.11. The van der Waals surface area contributed by atoms with Gasteiger partial charge in [-0.05, 0) is 59.5 Å². The number of aromatic nitrogens is 5. The molecule has 0 atom stereocenters. The standard InChI is InChI=1S/C37H31N5O5/c1-24-29-19-27(13-15-30(29)41(39-24)21-35(43)44)28-14-16-31-33(20-28)40(2)37(45)42(31)32-17-18-34(46-22-25-9-5-3-6-10-25)38-36(32)47-23-26-11-7-4-8-12-26/h3-20H,21-23H2,1-2H3,(H,43,44). The Morgan fingerprint density at radius 2 is 1.40 bits per heavy atom. The second kappa shape index (κ2) is 12.3. The Balaban J connectivity index is 1.27. The van der Waals surface area contributed by atoms with Crippen LogP contribution in [0.25, 0.3) is 38.8 Å². The molecule has 0 fully saturated rings. The summed E-state index contributed by atoms with van der Waals surface area (Å²) < 4.78 is 17.0. The molecule has 234 valence electrons. The maximum atomic E-state index is 13.8. The maximum absolute atomic E-state index is 13.8. The number of aryl methyl sites for hydroxylation is 2. The Morgan fingerprint density at radius 1 is 0.766 bits per heavy atom.